The maximum Gasteiger partial charge on any atom is 0.416 e. The number of anilines is 1. The first-order valence-corrected chi connectivity index (χ1v) is 10.7. The summed E-state index contributed by atoms with van der Waals surface area (Å²) in [6.45, 7) is 0. The van der Waals surface area contributed by atoms with Gasteiger partial charge in [0.2, 0.25) is 11.1 Å². The number of rotatable bonds is 5. The lowest BCUT2D eigenvalue weighted by molar-refractivity contribution is -0.137. The lowest BCUT2D eigenvalue weighted by atomic mass is 10.1. The quantitative estimate of drug-likeness (QED) is 0.371. The van der Waals surface area contributed by atoms with Gasteiger partial charge in [0.25, 0.3) is 0 Å². The van der Waals surface area contributed by atoms with E-state index in [1.165, 1.54) is 16.6 Å². The molecule has 4 aromatic rings. The molecule has 0 atom stereocenters. The SMILES string of the molecule is O=C(CSc1nnc2ccc(-c3ccc(Br)cc3)nn12)Nc1cccc(C(F)(F)F)c1. The Bertz CT molecular complexity index is 1240. The first-order chi connectivity index (χ1) is 14.8. The Balaban J connectivity index is 1.47. The van der Waals surface area contributed by atoms with Gasteiger partial charge in [0.1, 0.15) is 0 Å². The van der Waals surface area contributed by atoms with Gasteiger partial charge in [0.15, 0.2) is 5.65 Å². The zero-order valence-electron chi connectivity index (χ0n) is 15.6. The van der Waals surface area contributed by atoms with Crippen LogP contribution < -0.4 is 5.32 Å². The van der Waals surface area contributed by atoms with Crippen molar-refractivity contribution in [2.24, 2.45) is 0 Å². The van der Waals surface area contributed by atoms with E-state index in [1.54, 1.807) is 6.07 Å². The number of nitrogens with one attached hydrogen (secondary N) is 1. The number of benzene rings is 2. The average molecular weight is 508 g/mol. The summed E-state index contributed by atoms with van der Waals surface area (Å²) in [7, 11) is 0. The smallest absolute Gasteiger partial charge is 0.325 e. The molecule has 0 aliphatic rings. The van der Waals surface area contributed by atoms with Crippen LogP contribution in [0, 0.1) is 0 Å². The molecule has 4 rings (SSSR count). The van der Waals surface area contributed by atoms with Gasteiger partial charge in [-0.15, -0.1) is 10.2 Å². The Morgan fingerprint density at radius 3 is 2.58 bits per heavy atom. The second kappa shape index (κ2) is 8.67. The normalized spacial score (nSPS) is 11.6. The topological polar surface area (TPSA) is 72.2 Å². The van der Waals surface area contributed by atoms with Crippen molar-refractivity contribution in [3.8, 4) is 11.3 Å². The molecule has 11 heteroatoms. The van der Waals surface area contributed by atoms with Crippen molar-refractivity contribution < 1.29 is 18.0 Å². The van der Waals surface area contributed by atoms with Gasteiger partial charge in [-0.2, -0.15) is 22.8 Å². The fraction of sp³-hybridized carbons (Fsp3) is 0.100. The Hall–Kier alpha value is -2.92. The van der Waals surface area contributed by atoms with Crippen LogP contribution in [-0.4, -0.2) is 31.5 Å². The minimum Gasteiger partial charge on any atom is -0.325 e. The van der Waals surface area contributed by atoms with Gasteiger partial charge in [-0.3, -0.25) is 4.79 Å². The van der Waals surface area contributed by atoms with Crippen LogP contribution in [0.4, 0.5) is 18.9 Å². The summed E-state index contributed by atoms with van der Waals surface area (Å²) in [4.78, 5) is 12.2. The van der Waals surface area contributed by atoms with Crippen LogP contribution in [0.15, 0.2) is 70.3 Å². The summed E-state index contributed by atoms with van der Waals surface area (Å²) in [5.74, 6) is -0.536. The van der Waals surface area contributed by atoms with Gasteiger partial charge in [0.05, 0.1) is 17.0 Å². The third kappa shape index (κ3) is 5.05. The standard InChI is InChI=1S/C20H13BrF3N5OS/c21-14-6-4-12(5-7-14)16-8-9-17-26-27-19(29(17)28-16)31-11-18(30)25-15-3-1-2-13(10-15)20(22,23)24/h1-10H,11H2,(H,25,30). The van der Waals surface area contributed by atoms with Crippen molar-refractivity contribution in [3.05, 3.63) is 70.7 Å². The second-order valence-electron chi connectivity index (χ2n) is 6.39. The number of carbonyl (C=O) groups excluding carboxylic acids is 1. The number of aromatic nitrogens is 4. The number of amides is 1. The van der Waals surface area contributed by atoms with Crippen LogP contribution in [0.25, 0.3) is 16.9 Å². The van der Waals surface area contributed by atoms with Crippen molar-refractivity contribution in [1.29, 1.82) is 0 Å². The maximum atomic E-state index is 12.8. The van der Waals surface area contributed by atoms with Gasteiger partial charge in [-0.1, -0.05) is 45.9 Å². The van der Waals surface area contributed by atoms with Crippen molar-refractivity contribution >= 4 is 44.9 Å². The molecule has 6 nitrogen and oxygen atoms in total. The molecule has 2 aromatic carbocycles. The van der Waals surface area contributed by atoms with E-state index in [0.717, 1.165) is 33.9 Å². The first kappa shape index (κ1) is 21.3. The van der Waals surface area contributed by atoms with E-state index in [1.807, 2.05) is 30.3 Å². The highest BCUT2D eigenvalue weighted by atomic mass is 79.9. The van der Waals surface area contributed by atoms with E-state index in [-0.39, 0.29) is 11.4 Å². The van der Waals surface area contributed by atoms with E-state index in [4.69, 9.17) is 0 Å². The average Bonchev–Trinajstić information content (AvgIpc) is 3.15. The van der Waals surface area contributed by atoms with Crippen molar-refractivity contribution in [2.45, 2.75) is 11.3 Å². The molecule has 0 radical (unpaired) electrons. The molecule has 0 bridgehead atoms. The molecule has 0 saturated carbocycles. The number of fused-ring (bicyclic) bond motifs is 1. The summed E-state index contributed by atoms with van der Waals surface area (Å²) in [6, 6.07) is 15.7. The van der Waals surface area contributed by atoms with Crippen LogP contribution in [-0.2, 0) is 11.0 Å². The summed E-state index contributed by atoms with van der Waals surface area (Å²) >= 11 is 4.48. The predicted molar refractivity (Wildman–Crippen MR) is 115 cm³/mol. The van der Waals surface area contributed by atoms with Crippen LogP contribution in [0.5, 0.6) is 0 Å². The molecule has 0 spiro atoms. The van der Waals surface area contributed by atoms with Gasteiger partial charge >= 0.3 is 6.18 Å². The van der Waals surface area contributed by atoms with Crippen molar-refractivity contribution in [2.75, 3.05) is 11.1 Å². The van der Waals surface area contributed by atoms with Gasteiger partial charge in [-0.05, 0) is 42.5 Å². The van der Waals surface area contributed by atoms with E-state index in [0.29, 0.717) is 16.5 Å². The number of hydrogen-bond acceptors (Lipinski definition) is 5. The van der Waals surface area contributed by atoms with Gasteiger partial charge < -0.3 is 5.32 Å². The highest BCUT2D eigenvalue weighted by Crippen LogP contribution is 2.30. The number of hydrogen-bond donors (Lipinski definition) is 1. The van der Waals surface area contributed by atoms with Gasteiger partial charge in [-0.25, -0.2) is 0 Å². The van der Waals surface area contributed by atoms with Crippen LogP contribution >= 0.6 is 27.7 Å². The van der Waals surface area contributed by atoms with Crippen LogP contribution in [0.2, 0.25) is 0 Å². The highest BCUT2D eigenvalue weighted by molar-refractivity contribution is 9.10. The number of nitrogens with zero attached hydrogens (tertiary/aromatic N) is 4. The molecule has 1 amide bonds. The fourth-order valence-corrected chi connectivity index (χ4v) is 3.69. The number of carbonyl (C=O) groups is 1. The predicted octanol–water partition coefficient (Wildman–Crippen LogP) is 5.30. The number of halogens is 4. The number of thioether (sulfide) groups is 1. The largest absolute Gasteiger partial charge is 0.416 e. The Morgan fingerprint density at radius 1 is 1.06 bits per heavy atom. The molecule has 0 aliphatic carbocycles. The summed E-state index contributed by atoms with van der Waals surface area (Å²) in [5, 5.41) is 15.5. The molecular formula is C20H13BrF3N5OS. The zero-order chi connectivity index (χ0) is 22.0. The van der Waals surface area contributed by atoms with E-state index >= 15 is 0 Å². The Morgan fingerprint density at radius 2 is 1.84 bits per heavy atom. The third-order valence-electron chi connectivity index (χ3n) is 4.18. The molecule has 2 heterocycles. The lowest BCUT2D eigenvalue weighted by Gasteiger charge is -2.09. The summed E-state index contributed by atoms with van der Waals surface area (Å²) < 4.78 is 40.9. The Labute approximate surface area is 187 Å². The zero-order valence-corrected chi connectivity index (χ0v) is 18.0. The molecule has 0 unspecified atom stereocenters. The lowest BCUT2D eigenvalue weighted by Crippen LogP contribution is -2.15. The molecule has 0 aliphatic heterocycles. The molecule has 2 aromatic heterocycles. The first-order valence-electron chi connectivity index (χ1n) is 8.88. The minimum absolute atomic E-state index is 0.0682. The van der Waals surface area contributed by atoms with Crippen LogP contribution in [0.1, 0.15) is 5.56 Å². The maximum absolute atomic E-state index is 12.8. The fourth-order valence-electron chi connectivity index (χ4n) is 2.73. The molecule has 158 valence electrons. The minimum atomic E-state index is -4.48. The summed E-state index contributed by atoms with van der Waals surface area (Å²) in [6.07, 6.45) is -4.48. The molecule has 0 saturated heterocycles. The van der Waals surface area contributed by atoms with E-state index < -0.39 is 17.6 Å². The van der Waals surface area contributed by atoms with Gasteiger partial charge in [0, 0.05) is 15.7 Å². The Kier molecular flexibility index (Phi) is 5.96. The van der Waals surface area contributed by atoms with E-state index in [9.17, 15) is 18.0 Å². The number of alkyl halides is 3. The third-order valence-corrected chi connectivity index (χ3v) is 5.63. The van der Waals surface area contributed by atoms with Crippen molar-refractivity contribution in [1.82, 2.24) is 19.8 Å². The monoisotopic (exact) mass is 507 g/mol. The molecule has 0 fully saturated rings. The molecule has 1 N–H and O–H groups in total. The van der Waals surface area contributed by atoms with Crippen molar-refractivity contribution in [3.63, 3.8) is 0 Å². The van der Waals surface area contributed by atoms with E-state index in [2.05, 4.69) is 36.5 Å². The highest BCUT2D eigenvalue weighted by Gasteiger charge is 2.30. The summed E-state index contributed by atoms with van der Waals surface area (Å²) in [5.41, 5.74) is 1.36. The van der Waals surface area contributed by atoms with Crippen LogP contribution in [0.3, 0.4) is 0 Å². The molecule has 31 heavy (non-hydrogen) atoms. The second-order valence-corrected chi connectivity index (χ2v) is 8.25. The molecular weight excluding hydrogens is 495 g/mol.